The molecule has 0 saturated carbocycles. The fourth-order valence-electron chi connectivity index (χ4n) is 3.89. The predicted octanol–water partition coefficient (Wildman–Crippen LogP) is 2.51. The molecule has 3 heterocycles. The summed E-state index contributed by atoms with van der Waals surface area (Å²) in [7, 11) is -3.21. The number of piperazine rings is 1. The first-order chi connectivity index (χ1) is 13.8. The van der Waals surface area contributed by atoms with Gasteiger partial charge in [-0.15, -0.1) is 0 Å². The van der Waals surface area contributed by atoms with Crippen molar-refractivity contribution in [2.45, 2.75) is 0 Å². The van der Waals surface area contributed by atoms with Crippen molar-refractivity contribution in [1.82, 2.24) is 14.3 Å². The molecule has 0 amide bonds. The number of aromatic amines is 1. The second kappa shape index (κ2) is 6.48. The third kappa shape index (κ3) is 2.98. The van der Waals surface area contributed by atoms with E-state index in [2.05, 4.69) is 9.88 Å². The lowest BCUT2D eigenvalue weighted by molar-refractivity contribution is 0.388. The highest BCUT2D eigenvalue weighted by Crippen LogP contribution is 2.39. The molecule has 5 rings (SSSR count). The molecule has 1 fully saturated rings. The Labute approximate surface area is 169 Å². The third-order valence-corrected chi connectivity index (χ3v) is 7.76. The monoisotopic (exact) mass is 432 g/mol. The quantitative estimate of drug-likeness (QED) is 0.492. The van der Waals surface area contributed by atoms with E-state index in [0.29, 0.717) is 37.0 Å². The van der Waals surface area contributed by atoms with Crippen LogP contribution in [0.1, 0.15) is 0 Å². The number of hydrogen-bond donors (Lipinski definition) is 1. The Kier molecular flexibility index (Phi) is 4.12. The van der Waals surface area contributed by atoms with Gasteiger partial charge in [-0.3, -0.25) is 4.79 Å². The van der Waals surface area contributed by atoms with Crippen molar-refractivity contribution in [1.29, 1.82) is 0 Å². The van der Waals surface area contributed by atoms with E-state index in [0.717, 1.165) is 26.1 Å². The predicted molar refractivity (Wildman–Crippen MR) is 114 cm³/mol. The number of thiazole rings is 1. The number of nitrogens with one attached hydrogen (secondary N) is 1. The summed E-state index contributed by atoms with van der Waals surface area (Å²) in [6.07, 6.45) is 2.80. The lowest BCUT2D eigenvalue weighted by Gasteiger charge is -2.32. The van der Waals surface area contributed by atoms with Crippen molar-refractivity contribution < 1.29 is 12.8 Å². The summed E-state index contributed by atoms with van der Waals surface area (Å²) in [5, 5.41) is 3.22. The van der Waals surface area contributed by atoms with Gasteiger partial charge >= 0.3 is 0 Å². The van der Waals surface area contributed by atoms with Crippen LogP contribution >= 0.6 is 11.3 Å². The first-order valence-electron chi connectivity index (χ1n) is 9.06. The summed E-state index contributed by atoms with van der Waals surface area (Å²) in [5.41, 5.74) is 0.459. The minimum Gasteiger partial charge on any atom is -0.345 e. The molecule has 0 bridgehead atoms. The fraction of sp³-hybridized carbons (Fsp3) is 0.263. The van der Waals surface area contributed by atoms with Crippen LogP contribution in [0, 0.1) is 5.82 Å². The summed E-state index contributed by atoms with van der Waals surface area (Å²) in [4.78, 5) is 22.1. The average Bonchev–Trinajstić information content (AvgIpc) is 3.13. The molecule has 0 aliphatic carbocycles. The van der Waals surface area contributed by atoms with Gasteiger partial charge in [-0.05, 0) is 24.3 Å². The fourth-order valence-corrected chi connectivity index (χ4v) is 5.88. The Morgan fingerprint density at radius 3 is 2.59 bits per heavy atom. The number of sulfonamides is 1. The van der Waals surface area contributed by atoms with Gasteiger partial charge in [-0.1, -0.05) is 11.3 Å². The number of pyridine rings is 1. The maximum atomic E-state index is 13.9. The zero-order valence-corrected chi connectivity index (χ0v) is 17.1. The number of fused-ring (bicyclic) bond motifs is 6. The lowest BCUT2D eigenvalue weighted by Crippen LogP contribution is -2.48. The molecule has 150 valence electrons. The number of nitrogens with zero attached hydrogens (tertiary/aromatic N) is 3. The molecule has 7 nitrogen and oxygen atoms in total. The molecule has 0 atom stereocenters. The Bertz CT molecular complexity index is 1440. The van der Waals surface area contributed by atoms with Crippen LogP contribution in [0.15, 0.2) is 35.3 Å². The van der Waals surface area contributed by atoms with E-state index in [-0.39, 0.29) is 5.56 Å². The Morgan fingerprint density at radius 2 is 1.86 bits per heavy atom. The van der Waals surface area contributed by atoms with Crippen molar-refractivity contribution in [3.63, 3.8) is 0 Å². The third-order valence-electron chi connectivity index (χ3n) is 5.31. The van der Waals surface area contributed by atoms with Gasteiger partial charge in [0.25, 0.3) is 5.56 Å². The number of rotatable bonds is 2. The molecule has 0 unspecified atom stereocenters. The van der Waals surface area contributed by atoms with Crippen LogP contribution < -0.4 is 10.5 Å². The Morgan fingerprint density at radius 1 is 1.10 bits per heavy atom. The van der Waals surface area contributed by atoms with Crippen LogP contribution in [0.25, 0.3) is 31.8 Å². The van der Waals surface area contributed by atoms with Crippen LogP contribution in [-0.2, 0) is 10.0 Å². The minimum absolute atomic E-state index is 0.267. The second-order valence-corrected chi connectivity index (χ2v) is 10.1. The first-order valence-corrected chi connectivity index (χ1v) is 11.7. The molecule has 0 spiro atoms. The molecule has 4 aromatic rings. The first kappa shape index (κ1) is 18.5. The highest BCUT2D eigenvalue weighted by atomic mass is 32.2. The van der Waals surface area contributed by atoms with Crippen LogP contribution in [0.5, 0.6) is 0 Å². The van der Waals surface area contributed by atoms with E-state index in [4.69, 9.17) is 4.98 Å². The Hall–Kier alpha value is -2.56. The van der Waals surface area contributed by atoms with E-state index in [1.807, 2.05) is 6.07 Å². The van der Waals surface area contributed by atoms with Gasteiger partial charge in [0, 0.05) is 48.5 Å². The second-order valence-electron chi connectivity index (χ2n) is 7.11. The van der Waals surface area contributed by atoms with E-state index >= 15 is 0 Å². The number of benzene rings is 2. The molecule has 2 aromatic heterocycles. The average molecular weight is 433 g/mol. The zero-order chi connectivity index (χ0) is 20.3. The molecule has 1 saturated heterocycles. The van der Waals surface area contributed by atoms with Crippen LogP contribution in [0.4, 0.5) is 9.52 Å². The van der Waals surface area contributed by atoms with Crippen molar-refractivity contribution >= 4 is 58.3 Å². The zero-order valence-electron chi connectivity index (χ0n) is 15.5. The smallest absolute Gasteiger partial charge is 0.256 e. The highest BCUT2D eigenvalue weighted by molar-refractivity contribution is 7.88. The van der Waals surface area contributed by atoms with E-state index in [1.54, 1.807) is 12.3 Å². The van der Waals surface area contributed by atoms with Crippen LogP contribution in [0.3, 0.4) is 0 Å². The Balaban J connectivity index is 1.70. The van der Waals surface area contributed by atoms with Crippen molar-refractivity contribution in [2.24, 2.45) is 0 Å². The molecule has 10 heteroatoms. The normalized spacial score (nSPS) is 16.3. The SMILES string of the molecule is CS(=O)(=O)N1CCN(c2nc3c4ccc(F)cc4c4c(=O)[nH]ccc4c3s2)CC1. The van der Waals surface area contributed by atoms with Gasteiger partial charge < -0.3 is 9.88 Å². The summed E-state index contributed by atoms with van der Waals surface area (Å²) in [5.74, 6) is -0.409. The highest BCUT2D eigenvalue weighted by Gasteiger charge is 2.26. The van der Waals surface area contributed by atoms with Gasteiger partial charge in [0.1, 0.15) is 5.82 Å². The standard InChI is InChI=1S/C19H17FN4O3S2/c1-29(26,27)24-8-6-23(7-9-24)19-22-16-12-3-2-11(20)10-14(12)15-13(17(16)28-19)4-5-21-18(15)25/h2-5,10H,6-9H2,1H3,(H,21,25). The number of anilines is 1. The van der Waals surface area contributed by atoms with E-state index in [9.17, 15) is 17.6 Å². The van der Waals surface area contributed by atoms with Crippen molar-refractivity contribution in [2.75, 3.05) is 37.3 Å². The number of halogens is 1. The van der Waals surface area contributed by atoms with Gasteiger partial charge in [0.2, 0.25) is 10.0 Å². The molecule has 1 aliphatic heterocycles. The van der Waals surface area contributed by atoms with Crippen molar-refractivity contribution in [3.05, 3.63) is 46.6 Å². The van der Waals surface area contributed by atoms with Gasteiger partial charge in [0.05, 0.1) is 21.9 Å². The molecule has 29 heavy (non-hydrogen) atoms. The number of aromatic nitrogens is 2. The summed E-state index contributed by atoms with van der Waals surface area (Å²) < 4.78 is 39.8. The maximum absolute atomic E-state index is 13.9. The topological polar surface area (TPSA) is 86.4 Å². The van der Waals surface area contributed by atoms with Crippen LogP contribution in [0.2, 0.25) is 0 Å². The van der Waals surface area contributed by atoms with Gasteiger partial charge in [-0.25, -0.2) is 17.8 Å². The molecular weight excluding hydrogens is 415 g/mol. The summed E-state index contributed by atoms with van der Waals surface area (Å²) >= 11 is 1.47. The molecule has 1 N–H and O–H groups in total. The van der Waals surface area contributed by atoms with E-state index in [1.165, 1.54) is 34.0 Å². The summed E-state index contributed by atoms with van der Waals surface area (Å²) in [6, 6.07) is 6.21. The molecule has 2 aromatic carbocycles. The molecule has 1 aliphatic rings. The van der Waals surface area contributed by atoms with Gasteiger partial charge in [-0.2, -0.15) is 4.31 Å². The molecule has 0 radical (unpaired) electrons. The van der Waals surface area contributed by atoms with E-state index < -0.39 is 15.8 Å². The largest absolute Gasteiger partial charge is 0.345 e. The summed E-state index contributed by atoms with van der Waals surface area (Å²) in [6.45, 7) is 1.89. The van der Waals surface area contributed by atoms with Crippen molar-refractivity contribution in [3.8, 4) is 0 Å². The van der Waals surface area contributed by atoms with Gasteiger partial charge in [0.15, 0.2) is 5.13 Å². The number of H-pyrrole nitrogens is 1. The molecular formula is C19H17FN4O3S2. The number of hydrogen-bond acceptors (Lipinski definition) is 6. The maximum Gasteiger partial charge on any atom is 0.256 e. The minimum atomic E-state index is -3.21. The van der Waals surface area contributed by atoms with Crippen LogP contribution in [-0.4, -0.2) is 55.1 Å². The lowest BCUT2D eigenvalue weighted by atomic mass is 10.0.